The molecule has 1 aliphatic carbocycles. The fourth-order valence-electron chi connectivity index (χ4n) is 2.80. The molecule has 0 saturated heterocycles. The minimum absolute atomic E-state index is 0.265. The predicted molar refractivity (Wildman–Crippen MR) is 89.5 cm³/mol. The van der Waals surface area contributed by atoms with Gasteiger partial charge in [-0.05, 0) is 22.8 Å². The van der Waals surface area contributed by atoms with Crippen LogP contribution in [0.1, 0.15) is 17.5 Å². The van der Waals surface area contributed by atoms with Gasteiger partial charge in [-0.25, -0.2) is 10.2 Å². The normalized spacial score (nSPS) is 22.0. The van der Waals surface area contributed by atoms with Crippen LogP contribution in [0.15, 0.2) is 71.8 Å². The van der Waals surface area contributed by atoms with Crippen molar-refractivity contribution in [3.63, 3.8) is 0 Å². The Morgan fingerprint density at radius 2 is 1.70 bits per heavy atom. The van der Waals surface area contributed by atoms with E-state index in [2.05, 4.69) is 10.5 Å². The van der Waals surface area contributed by atoms with Crippen molar-refractivity contribution in [1.82, 2.24) is 5.43 Å². The molecule has 0 saturated carbocycles. The summed E-state index contributed by atoms with van der Waals surface area (Å²) in [5, 5.41) is 15.3. The molecule has 0 aromatic heterocycles. The van der Waals surface area contributed by atoms with Crippen molar-refractivity contribution in [3.8, 4) is 0 Å². The molecule has 1 aliphatic rings. The second kappa shape index (κ2) is 6.06. The standard InChI is InChI=1S/C18H17N3O2/c19-17(22)21-20-15-11-16(13-7-3-1-4-8-13)18(23,12-15)14-9-5-2-6-10-14/h1-11,23H,12H2,(H3,19,21,22)/b20-15-. The predicted octanol–water partition coefficient (Wildman–Crippen LogP) is 2.39. The number of benzene rings is 2. The van der Waals surface area contributed by atoms with Gasteiger partial charge < -0.3 is 10.8 Å². The smallest absolute Gasteiger partial charge is 0.332 e. The van der Waals surface area contributed by atoms with Gasteiger partial charge in [0.2, 0.25) is 0 Å². The average Bonchev–Trinajstić information content (AvgIpc) is 2.93. The van der Waals surface area contributed by atoms with E-state index in [9.17, 15) is 9.90 Å². The van der Waals surface area contributed by atoms with Gasteiger partial charge in [0.1, 0.15) is 5.60 Å². The van der Waals surface area contributed by atoms with Crippen molar-refractivity contribution < 1.29 is 9.90 Å². The van der Waals surface area contributed by atoms with Gasteiger partial charge in [0.15, 0.2) is 0 Å². The Balaban J connectivity index is 2.07. The quantitative estimate of drug-likeness (QED) is 0.760. The third kappa shape index (κ3) is 3.00. The van der Waals surface area contributed by atoms with Crippen LogP contribution in [-0.4, -0.2) is 16.8 Å². The largest absolute Gasteiger partial charge is 0.380 e. The molecule has 5 nitrogen and oxygen atoms in total. The molecule has 1 atom stereocenters. The van der Waals surface area contributed by atoms with E-state index in [-0.39, 0.29) is 6.42 Å². The maximum atomic E-state index is 11.3. The maximum absolute atomic E-state index is 11.3. The topological polar surface area (TPSA) is 87.7 Å². The Morgan fingerprint density at radius 3 is 2.30 bits per heavy atom. The molecule has 1 unspecified atom stereocenters. The summed E-state index contributed by atoms with van der Waals surface area (Å²) in [4.78, 5) is 10.9. The van der Waals surface area contributed by atoms with Crippen molar-refractivity contribution in [2.75, 3.05) is 0 Å². The lowest BCUT2D eigenvalue weighted by Gasteiger charge is -2.27. The molecule has 0 spiro atoms. The third-order valence-corrected chi connectivity index (χ3v) is 3.84. The lowest BCUT2D eigenvalue weighted by Crippen LogP contribution is -2.27. The minimum Gasteiger partial charge on any atom is -0.380 e. The number of hydrogen-bond donors (Lipinski definition) is 3. The highest BCUT2D eigenvalue weighted by atomic mass is 16.3. The van der Waals surface area contributed by atoms with Crippen molar-refractivity contribution in [1.29, 1.82) is 0 Å². The molecule has 0 heterocycles. The highest BCUT2D eigenvalue weighted by molar-refractivity contribution is 6.08. The first-order valence-corrected chi connectivity index (χ1v) is 7.27. The zero-order chi connectivity index (χ0) is 16.3. The molecule has 0 radical (unpaired) electrons. The van der Waals surface area contributed by atoms with Crippen molar-refractivity contribution in [3.05, 3.63) is 77.9 Å². The van der Waals surface area contributed by atoms with Gasteiger partial charge in [0.05, 0.1) is 5.71 Å². The fraction of sp³-hybridized carbons (Fsp3) is 0.111. The Hall–Kier alpha value is -2.92. The van der Waals surface area contributed by atoms with Gasteiger partial charge in [0.25, 0.3) is 0 Å². The molecule has 23 heavy (non-hydrogen) atoms. The van der Waals surface area contributed by atoms with Crippen LogP contribution in [0.5, 0.6) is 0 Å². The van der Waals surface area contributed by atoms with Crippen LogP contribution in [0.2, 0.25) is 0 Å². The molecule has 0 bridgehead atoms. The van der Waals surface area contributed by atoms with E-state index in [1.165, 1.54) is 0 Å². The van der Waals surface area contributed by atoms with Gasteiger partial charge in [-0.3, -0.25) is 0 Å². The summed E-state index contributed by atoms with van der Waals surface area (Å²) in [6, 6.07) is 18.3. The van der Waals surface area contributed by atoms with E-state index < -0.39 is 11.6 Å². The lowest BCUT2D eigenvalue weighted by molar-refractivity contribution is 0.113. The monoisotopic (exact) mass is 307 g/mol. The number of nitrogens with zero attached hydrogens (tertiary/aromatic N) is 1. The molecule has 0 aliphatic heterocycles. The molecule has 2 amide bonds. The first kappa shape index (κ1) is 15.0. The Labute approximate surface area is 134 Å². The summed E-state index contributed by atoms with van der Waals surface area (Å²) < 4.78 is 0. The van der Waals surface area contributed by atoms with Crippen LogP contribution in [0.3, 0.4) is 0 Å². The number of allylic oxidation sites excluding steroid dienone is 1. The molecule has 2 aromatic carbocycles. The van der Waals surface area contributed by atoms with E-state index in [4.69, 9.17) is 5.73 Å². The van der Waals surface area contributed by atoms with Gasteiger partial charge in [-0.15, -0.1) is 0 Å². The molecule has 3 rings (SSSR count). The Kier molecular flexibility index (Phi) is 3.95. The minimum atomic E-state index is -1.19. The SMILES string of the molecule is NC(=O)N/N=C1/C=C(c2ccccc2)C(O)(c2ccccc2)C1. The zero-order valence-corrected chi connectivity index (χ0v) is 12.4. The van der Waals surface area contributed by atoms with Gasteiger partial charge in [-0.1, -0.05) is 60.7 Å². The van der Waals surface area contributed by atoms with Gasteiger partial charge >= 0.3 is 6.03 Å². The summed E-state index contributed by atoms with van der Waals surface area (Å²) in [6.07, 6.45) is 2.06. The molecule has 5 heteroatoms. The van der Waals surface area contributed by atoms with Crippen LogP contribution in [0.25, 0.3) is 5.57 Å². The van der Waals surface area contributed by atoms with Crippen LogP contribution in [0, 0.1) is 0 Å². The Morgan fingerprint density at radius 1 is 1.09 bits per heavy atom. The number of carbonyl (C=O) groups is 1. The molecular weight excluding hydrogens is 290 g/mol. The zero-order valence-electron chi connectivity index (χ0n) is 12.4. The van der Waals surface area contributed by atoms with Crippen LogP contribution in [-0.2, 0) is 5.60 Å². The van der Waals surface area contributed by atoms with Crippen LogP contribution >= 0.6 is 0 Å². The average molecular weight is 307 g/mol. The second-order valence-electron chi connectivity index (χ2n) is 5.41. The van der Waals surface area contributed by atoms with E-state index in [0.29, 0.717) is 5.71 Å². The van der Waals surface area contributed by atoms with Crippen molar-refractivity contribution in [2.24, 2.45) is 10.8 Å². The molecule has 0 fully saturated rings. The highest BCUT2D eigenvalue weighted by Gasteiger charge is 2.40. The molecule has 116 valence electrons. The number of hydrazone groups is 1. The summed E-state index contributed by atoms with van der Waals surface area (Å²) in [7, 11) is 0. The van der Waals surface area contributed by atoms with E-state index >= 15 is 0 Å². The number of aliphatic hydroxyl groups is 1. The molecule has 2 aromatic rings. The number of primary amides is 1. The van der Waals surface area contributed by atoms with Crippen LogP contribution in [0.4, 0.5) is 4.79 Å². The third-order valence-electron chi connectivity index (χ3n) is 3.84. The molecular formula is C18H17N3O2. The van der Waals surface area contributed by atoms with Gasteiger partial charge in [-0.2, -0.15) is 5.10 Å². The summed E-state index contributed by atoms with van der Waals surface area (Å²) in [5.41, 5.74) is 9.07. The number of hydrogen-bond acceptors (Lipinski definition) is 3. The highest BCUT2D eigenvalue weighted by Crippen LogP contribution is 2.43. The summed E-state index contributed by atoms with van der Waals surface area (Å²) in [5.74, 6) is 0. The summed E-state index contributed by atoms with van der Waals surface area (Å²) >= 11 is 0. The molecule has 4 N–H and O–H groups in total. The Bertz CT molecular complexity index is 769. The lowest BCUT2D eigenvalue weighted by atomic mass is 9.84. The van der Waals surface area contributed by atoms with Crippen LogP contribution < -0.4 is 11.2 Å². The van der Waals surface area contributed by atoms with Crippen molar-refractivity contribution in [2.45, 2.75) is 12.0 Å². The maximum Gasteiger partial charge on any atom is 0.332 e. The van der Waals surface area contributed by atoms with Gasteiger partial charge in [0, 0.05) is 6.42 Å². The fourth-order valence-corrected chi connectivity index (χ4v) is 2.80. The number of carbonyl (C=O) groups excluding carboxylic acids is 1. The summed E-state index contributed by atoms with van der Waals surface area (Å²) in [6.45, 7) is 0. The van der Waals surface area contributed by atoms with E-state index in [1.807, 2.05) is 60.7 Å². The van der Waals surface area contributed by atoms with E-state index in [1.54, 1.807) is 6.08 Å². The number of rotatable bonds is 3. The number of nitrogens with two attached hydrogens (primary N) is 1. The van der Waals surface area contributed by atoms with E-state index in [0.717, 1.165) is 16.7 Å². The number of nitrogens with one attached hydrogen (secondary N) is 1. The number of amides is 2. The second-order valence-corrected chi connectivity index (χ2v) is 5.41. The number of urea groups is 1. The first-order valence-electron chi connectivity index (χ1n) is 7.27. The first-order chi connectivity index (χ1) is 11.1. The van der Waals surface area contributed by atoms with Crippen molar-refractivity contribution >= 4 is 17.3 Å².